The second kappa shape index (κ2) is 9.51. The Morgan fingerprint density at radius 3 is 2.68 bits per heavy atom. The van der Waals surface area contributed by atoms with E-state index >= 15 is 0 Å². The van der Waals surface area contributed by atoms with Gasteiger partial charge >= 0.3 is 0 Å². The number of rotatable bonds is 6. The summed E-state index contributed by atoms with van der Waals surface area (Å²) in [5.41, 5.74) is 3.34. The average Bonchev–Trinajstić information content (AvgIpc) is 3.19. The largest absolute Gasteiger partial charge is 0.324 e. The molecule has 0 aliphatic heterocycles. The molecule has 0 spiro atoms. The molecule has 0 atom stereocenters. The Bertz CT molecular complexity index is 1230. The summed E-state index contributed by atoms with van der Waals surface area (Å²) in [5.74, 6) is 0.582. The minimum absolute atomic E-state index is 0.135. The van der Waals surface area contributed by atoms with Crippen LogP contribution < -0.4 is 5.32 Å². The van der Waals surface area contributed by atoms with Crippen LogP contribution in [-0.4, -0.2) is 31.4 Å². The third-order valence-electron chi connectivity index (χ3n) is 4.45. The van der Waals surface area contributed by atoms with Crippen LogP contribution in [0.4, 0.5) is 5.69 Å². The first-order chi connectivity index (χ1) is 15.0. The smallest absolute Gasteiger partial charge is 0.234 e. The van der Waals surface area contributed by atoms with Gasteiger partial charge in [0.2, 0.25) is 5.91 Å². The van der Waals surface area contributed by atoms with Gasteiger partial charge in [-0.1, -0.05) is 53.2 Å². The van der Waals surface area contributed by atoms with E-state index in [1.807, 2.05) is 47.9 Å². The Morgan fingerprint density at radius 1 is 1.10 bits per heavy atom. The van der Waals surface area contributed by atoms with Crippen LogP contribution in [0.3, 0.4) is 0 Å². The van der Waals surface area contributed by atoms with Gasteiger partial charge < -0.3 is 5.32 Å². The van der Waals surface area contributed by atoms with Gasteiger partial charge in [0.1, 0.15) is 0 Å². The lowest BCUT2D eigenvalue weighted by Gasteiger charge is -2.13. The molecule has 0 aliphatic rings. The molecule has 0 saturated carbocycles. The SMILES string of the molecule is Cc1ccccc1-n1c(SCC(=O)Nc2ccc(Cl)cc2Cl)nnc1-c1cccnc1. The number of anilines is 1. The van der Waals surface area contributed by atoms with Gasteiger partial charge in [-0.3, -0.25) is 14.3 Å². The van der Waals surface area contributed by atoms with Gasteiger partial charge in [0.15, 0.2) is 11.0 Å². The molecular formula is C22H17Cl2N5OS. The van der Waals surface area contributed by atoms with E-state index in [9.17, 15) is 4.79 Å². The quantitative estimate of drug-likeness (QED) is 0.368. The van der Waals surface area contributed by atoms with Crippen molar-refractivity contribution < 1.29 is 4.79 Å². The lowest BCUT2D eigenvalue weighted by molar-refractivity contribution is -0.113. The van der Waals surface area contributed by atoms with Gasteiger partial charge in [-0.05, 0) is 48.9 Å². The van der Waals surface area contributed by atoms with E-state index in [2.05, 4.69) is 20.5 Å². The number of nitrogens with one attached hydrogen (secondary N) is 1. The summed E-state index contributed by atoms with van der Waals surface area (Å²) in [7, 11) is 0. The first kappa shape index (κ1) is 21.4. The molecule has 4 rings (SSSR count). The fourth-order valence-electron chi connectivity index (χ4n) is 2.98. The Labute approximate surface area is 193 Å². The van der Waals surface area contributed by atoms with E-state index in [0.717, 1.165) is 16.8 Å². The van der Waals surface area contributed by atoms with E-state index < -0.39 is 0 Å². The fourth-order valence-corrected chi connectivity index (χ4v) is 4.18. The average molecular weight is 470 g/mol. The van der Waals surface area contributed by atoms with Gasteiger partial charge in [0.05, 0.1) is 22.2 Å². The highest BCUT2D eigenvalue weighted by atomic mass is 35.5. The normalized spacial score (nSPS) is 10.8. The van der Waals surface area contributed by atoms with Crippen LogP contribution in [0.15, 0.2) is 72.1 Å². The van der Waals surface area contributed by atoms with E-state index in [0.29, 0.717) is 26.7 Å². The number of carbonyl (C=O) groups excluding carboxylic acids is 1. The number of benzene rings is 2. The van der Waals surface area contributed by atoms with Crippen molar-refractivity contribution in [1.82, 2.24) is 19.7 Å². The Hall–Kier alpha value is -2.87. The molecule has 6 nitrogen and oxygen atoms in total. The van der Waals surface area contributed by atoms with Gasteiger partial charge in [0.25, 0.3) is 0 Å². The van der Waals surface area contributed by atoms with Crippen LogP contribution in [-0.2, 0) is 4.79 Å². The Kier molecular flexibility index (Phi) is 6.56. The number of aryl methyl sites for hydroxylation is 1. The zero-order valence-electron chi connectivity index (χ0n) is 16.4. The molecule has 0 radical (unpaired) electrons. The highest BCUT2D eigenvalue weighted by Crippen LogP contribution is 2.30. The lowest BCUT2D eigenvalue weighted by atomic mass is 10.2. The number of thioether (sulfide) groups is 1. The van der Waals surface area contributed by atoms with Gasteiger partial charge in [-0.15, -0.1) is 10.2 Å². The van der Waals surface area contributed by atoms with Crippen LogP contribution in [0.1, 0.15) is 5.56 Å². The van der Waals surface area contributed by atoms with E-state index in [4.69, 9.17) is 23.2 Å². The third kappa shape index (κ3) is 4.90. The number of nitrogens with zero attached hydrogens (tertiary/aromatic N) is 4. The summed E-state index contributed by atoms with van der Waals surface area (Å²) in [6, 6.07) is 16.7. The molecule has 0 saturated heterocycles. The Morgan fingerprint density at radius 2 is 1.94 bits per heavy atom. The summed E-state index contributed by atoms with van der Waals surface area (Å²) in [6.07, 6.45) is 3.45. The number of hydrogen-bond donors (Lipinski definition) is 1. The fraction of sp³-hybridized carbons (Fsp3) is 0.0909. The molecule has 1 N–H and O–H groups in total. The maximum absolute atomic E-state index is 12.5. The number of aromatic nitrogens is 4. The minimum Gasteiger partial charge on any atom is -0.324 e. The van der Waals surface area contributed by atoms with Crippen LogP contribution in [0.25, 0.3) is 17.1 Å². The van der Waals surface area contributed by atoms with Gasteiger partial charge in [-0.2, -0.15) is 0 Å². The number of halogens is 2. The lowest BCUT2D eigenvalue weighted by Crippen LogP contribution is -2.15. The predicted octanol–water partition coefficient (Wildman–Crippen LogP) is 5.68. The maximum Gasteiger partial charge on any atom is 0.234 e. The van der Waals surface area contributed by atoms with Crippen molar-refractivity contribution in [1.29, 1.82) is 0 Å². The zero-order chi connectivity index (χ0) is 21.8. The van der Waals surface area contributed by atoms with Crippen molar-refractivity contribution in [3.63, 3.8) is 0 Å². The highest BCUT2D eigenvalue weighted by molar-refractivity contribution is 7.99. The predicted molar refractivity (Wildman–Crippen MR) is 125 cm³/mol. The van der Waals surface area contributed by atoms with Gasteiger partial charge in [-0.25, -0.2) is 0 Å². The molecule has 4 aromatic rings. The van der Waals surface area contributed by atoms with E-state index in [1.54, 1.807) is 30.6 Å². The van der Waals surface area contributed by atoms with Crippen LogP contribution in [0.5, 0.6) is 0 Å². The first-order valence-corrected chi connectivity index (χ1v) is 11.1. The van der Waals surface area contributed by atoms with Crippen LogP contribution >= 0.6 is 35.0 Å². The summed E-state index contributed by atoms with van der Waals surface area (Å²) in [4.78, 5) is 16.7. The molecule has 156 valence electrons. The van der Waals surface area contributed by atoms with Crippen molar-refractivity contribution in [2.45, 2.75) is 12.1 Å². The summed E-state index contributed by atoms with van der Waals surface area (Å²) < 4.78 is 1.94. The minimum atomic E-state index is -0.212. The standard InChI is InChI=1S/C22H17Cl2N5OS/c1-14-5-2-3-7-19(14)29-21(15-6-4-10-25-12-15)27-28-22(29)31-13-20(30)26-18-9-8-16(23)11-17(18)24/h2-12H,13H2,1H3,(H,26,30). The van der Waals surface area contributed by atoms with Crippen molar-refractivity contribution in [2.24, 2.45) is 0 Å². The molecule has 0 bridgehead atoms. The van der Waals surface area contributed by atoms with Crippen molar-refractivity contribution in [3.8, 4) is 17.1 Å². The van der Waals surface area contributed by atoms with Crippen LogP contribution in [0.2, 0.25) is 10.0 Å². The number of amides is 1. The molecule has 2 aromatic heterocycles. The summed E-state index contributed by atoms with van der Waals surface area (Å²) in [5, 5.41) is 13.0. The Balaban J connectivity index is 1.60. The number of pyridine rings is 1. The zero-order valence-corrected chi connectivity index (χ0v) is 18.7. The number of carbonyl (C=O) groups is 1. The molecular weight excluding hydrogens is 453 g/mol. The van der Waals surface area contributed by atoms with E-state index in [-0.39, 0.29) is 11.7 Å². The summed E-state index contributed by atoms with van der Waals surface area (Å²) >= 11 is 13.3. The molecule has 0 fully saturated rings. The van der Waals surface area contributed by atoms with Crippen LogP contribution in [0, 0.1) is 6.92 Å². The van der Waals surface area contributed by atoms with Gasteiger partial charge in [0, 0.05) is 23.0 Å². The molecule has 31 heavy (non-hydrogen) atoms. The second-order valence-electron chi connectivity index (χ2n) is 6.63. The number of hydrogen-bond acceptors (Lipinski definition) is 5. The van der Waals surface area contributed by atoms with Crippen molar-refractivity contribution >= 4 is 46.6 Å². The molecule has 1 amide bonds. The number of para-hydroxylation sites is 1. The highest BCUT2D eigenvalue weighted by Gasteiger charge is 2.18. The van der Waals surface area contributed by atoms with Crippen molar-refractivity contribution in [2.75, 3.05) is 11.1 Å². The molecule has 0 unspecified atom stereocenters. The second-order valence-corrected chi connectivity index (χ2v) is 8.42. The van der Waals surface area contributed by atoms with Crippen molar-refractivity contribution in [3.05, 3.63) is 82.6 Å². The topological polar surface area (TPSA) is 72.7 Å². The molecule has 9 heteroatoms. The summed E-state index contributed by atoms with van der Waals surface area (Å²) in [6.45, 7) is 2.02. The maximum atomic E-state index is 12.5. The molecule has 2 heterocycles. The van der Waals surface area contributed by atoms with E-state index in [1.165, 1.54) is 11.8 Å². The third-order valence-corrected chi connectivity index (χ3v) is 5.92. The first-order valence-electron chi connectivity index (χ1n) is 9.32. The molecule has 0 aliphatic carbocycles. The molecule has 2 aromatic carbocycles. The monoisotopic (exact) mass is 469 g/mol.